The first-order valence-corrected chi connectivity index (χ1v) is 6.68. The molecule has 1 rings (SSSR count). The minimum absolute atomic E-state index is 0.427. The fraction of sp³-hybridized carbons (Fsp3) is 1.00. The Kier molecular flexibility index (Phi) is 3.85. The molecule has 1 heteroatoms. The molecule has 0 amide bonds. The Morgan fingerprint density at radius 3 is 2.36 bits per heavy atom. The monoisotopic (exact) mass is 172 g/mol. The Labute approximate surface area is 72.5 Å². The standard InChI is InChI=1S/C10H21P/c1-4-5-8-11(9(2)3)10-6-7-10/h9-10H,4-8H2,1-3H3. The average molecular weight is 172 g/mol. The predicted octanol–water partition coefficient (Wildman–Crippen LogP) is 3.84. The molecule has 1 aliphatic rings. The zero-order valence-corrected chi connectivity index (χ0v) is 9.03. The normalized spacial score (nSPS) is 20.7. The molecule has 0 saturated heterocycles. The number of hydrogen-bond donors (Lipinski definition) is 0. The second-order valence-corrected chi connectivity index (χ2v) is 7.16. The first-order chi connectivity index (χ1) is 5.25. The molecular formula is C10H21P. The average Bonchev–Trinajstić information content (AvgIpc) is 2.71. The van der Waals surface area contributed by atoms with Crippen LogP contribution in [0.1, 0.15) is 46.5 Å². The van der Waals surface area contributed by atoms with Crippen LogP contribution in [0.25, 0.3) is 0 Å². The van der Waals surface area contributed by atoms with Crippen LogP contribution < -0.4 is 0 Å². The van der Waals surface area contributed by atoms with Crippen molar-refractivity contribution in [3.8, 4) is 0 Å². The second-order valence-electron chi connectivity index (χ2n) is 3.92. The Hall–Kier alpha value is 0.430. The molecule has 1 saturated carbocycles. The summed E-state index contributed by atoms with van der Waals surface area (Å²) in [6.07, 6.45) is 7.51. The van der Waals surface area contributed by atoms with E-state index in [0.29, 0.717) is 7.92 Å². The van der Waals surface area contributed by atoms with E-state index >= 15 is 0 Å². The topological polar surface area (TPSA) is 0 Å². The van der Waals surface area contributed by atoms with Gasteiger partial charge in [0, 0.05) is 0 Å². The van der Waals surface area contributed by atoms with Gasteiger partial charge >= 0.3 is 0 Å². The maximum absolute atomic E-state index is 2.42. The smallest absolute Gasteiger partial charge is 0.0206 e. The highest BCUT2D eigenvalue weighted by Gasteiger charge is 2.31. The van der Waals surface area contributed by atoms with Crippen molar-refractivity contribution in [2.45, 2.75) is 57.8 Å². The zero-order valence-electron chi connectivity index (χ0n) is 8.14. The molecule has 1 fully saturated rings. The molecule has 1 aliphatic carbocycles. The summed E-state index contributed by atoms with van der Waals surface area (Å²) in [5, 5.41) is 0. The second kappa shape index (κ2) is 4.45. The van der Waals surface area contributed by atoms with Crippen LogP contribution >= 0.6 is 7.92 Å². The van der Waals surface area contributed by atoms with E-state index in [9.17, 15) is 0 Å². The van der Waals surface area contributed by atoms with Crippen LogP contribution in [0.2, 0.25) is 0 Å². The highest BCUT2D eigenvalue weighted by Crippen LogP contribution is 2.57. The molecule has 0 bridgehead atoms. The molecule has 1 atom stereocenters. The van der Waals surface area contributed by atoms with E-state index in [1.54, 1.807) is 19.0 Å². The van der Waals surface area contributed by atoms with E-state index in [1.807, 2.05) is 0 Å². The molecule has 1 unspecified atom stereocenters. The van der Waals surface area contributed by atoms with Gasteiger partial charge in [0.2, 0.25) is 0 Å². The fourth-order valence-corrected chi connectivity index (χ4v) is 4.83. The van der Waals surface area contributed by atoms with Crippen LogP contribution in [0, 0.1) is 0 Å². The number of unbranched alkanes of at least 4 members (excludes halogenated alkanes) is 1. The van der Waals surface area contributed by atoms with Gasteiger partial charge in [-0.2, -0.15) is 0 Å². The van der Waals surface area contributed by atoms with E-state index in [2.05, 4.69) is 20.8 Å². The molecule has 0 aromatic heterocycles. The summed E-state index contributed by atoms with van der Waals surface area (Å²) in [7, 11) is 0.427. The first kappa shape index (κ1) is 9.52. The van der Waals surface area contributed by atoms with Gasteiger partial charge in [-0.1, -0.05) is 27.2 Å². The van der Waals surface area contributed by atoms with Crippen LogP contribution in [-0.2, 0) is 0 Å². The van der Waals surface area contributed by atoms with E-state index in [0.717, 1.165) is 5.66 Å². The minimum Gasteiger partial charge on any atom is -0.101 e. The van der Waals surface area contributed by atoms with Gasteiger partial charge in [-0.15, -0.1) is 7.92 Å². The Balaban J connectivity index is 2.21. The van der Waals surface area contributed by atoms with Gasteiger partial charge < -0.3 is 0 Å². The quantitative estimate of drug-likeness (QED) is 0.553. The molecule has 0 aromatic rings. The van der Waals surface area contributed by atoms with Gasteiger partial charge in [0.25, 0.3) is 0 Å². The summed E-state index contributed by atoms with van der Waals surface area (Å²) in [4.78, 5) is 0. The minimum atomic E-state index is 0.427. The van der Waals surface area contributed by atoms with Crippen molar-refractivity contribution in [1.29, 1.82) is 0 Å². The zero-order chi connectivity index (χ0) is 8.27. The van der Waals surface area contributed by atoms with Gasteiger partial charge in [-0.3, -0.25) is 0 Å². The summed E-state index contributed by atoms with van der Waals surface area (Å²) in [6, 6.07) is 0. The molecule has 0 aromatic carbocycles. The fourth-order valence-electron chi connectivity index (χ4n) is 1.61. The molecule has 0 radical (unpaired) electrons. The van der Waals surface area contributed by atoms with Crippen molar-refractivity contribution in [1.82, 2.24) is 0 Å². The van der Waals surface area contributed by atoms with Crippen molar-refractivity contribution < 1.29 is 0 Å². The maximum atomic E-state index is 2.42. The molecule has 0 nitrogen and oxygen atoms in total. The highest BCUT2D eigenvalue weighted by molar-refractivity contribution is 7.59. The lowest BCUT2D eigenvalue weighted by Gasteiger charge is -2.20. The van der Waals surface area contributed by atoms with Crippen LogP contribution in [0.15, 0.2) is 0 Å². The van der Waals surface area contributed by atoms with Gasteiger partial charge in [-0.25, -0.2) is 0 Å². The molecule has 0 aliphatic heterocycles. The third kappa shape index (κ3) is 3.11. The van der Waals surface area contributed by atoms with Crippen molar-refractivity contribution >= 4 is 7.92 Å². The van der Waals surface area contributed by atoms with E-state index in [4.69, 9.17) is 0 Å². The van der Waals surface area contributed by atoms with Crippen LogP contribution in [0.4, 0.5) is 0 Å². The lowest BCUT2D eigenvalue weighted by Crippen LogP contribution is -2.01. The maximum Gasteiger partial charge on any atom is -0.0206 e. The third-order valence-corrected chi connectivity index (χ3v) is 6.06. The predicted molar refractivity (Wildman–Crippen MR) is 54.9 cm³/mol. The Morgan fingerprint density at radius 2 is 2.00 bits per heavy atom. The summed E-state index contributed by atoms with van der Waals surface area (Å²) in [5.41, 5.74) is 2.17. The first-order valence-electron chi connectivity index (χ1n) is 5.01. The van der Waals surface area contributed by atoms with Crippen LogP contribution in [-0.4, -0.2) is 17.5 Å². The molecule has 0 heterocycles. The van der Waals surface area contributed by atoms with Gasteiger partial charge in [0.1, 0.15) is 0 Å². The largest absolute Gasteiger partial charge is 0.101 e. The van der Waals surface area contributed by atoms with Crippen molar-refractivity contribution in [3.05, 3.63) is 0 Å². The van der Waals surface area contributed by atoms with E-state index in [-0.39, 0.29) is 0 Å². The number of hydrogen-bond acceptors (Lipinski definition) is 0. The van der Waals surface area contributed by atoms with Gasteiger partial charge in [0.05, 0.1) is 0 Å². The van der Waals surface area contributed by atoms with Crippen molar-refractivity contribution in [2.75, 3.05) is 6.16 Å². The summed E-state index contributed by atoms with van der Waals surface area (Å²) < 4.78 is 0. The van der Waals surface area contributed by atoms with E-state index < -0.39 is 0 Å². The third-order valence-electron chi connectivity index (χ3n) is 2.45. The van der Waals surface area contributed by atoms with Crippen molar-refractivity contribution in [3.63, 3.8) is 0 Å². The van der Waals surface area contributed by atoms with E-state index in [1.165, 1.54) is 18.5 Å². The Bertz CT molecular complexity index is 103. The molecule has 0 spiro atoms. The number of rotatable bonds is 5. The van der Waals surface area contributed by atoms with Gasteiger partial charge in [0.15, 0.2) is 0 Å². The van der Waals surface area contributed by atoms with Crippen LogP contribution in [0.3, 0.4) is 0 Å². The van der Waals surface area contributed by atoms with Gasteiger partial charge in [-0.05, 0) is 36.7 Å². The highest BCUT2D eigenvalue weighted by atomic mass is 31.1. The summed E-state index contributed by atoms with van der Waals surface area (Å²) >= 11 is 0. The molecular weight excluding hydrogens is 151 g/mol. The van der Waals surface area contributed by atoms with Crippen molar-refractivity contribution in [2.24, 2.45) is 0 Å². The lowest BCUT2D eigenvalue weighted by atomic mass is 10.4. The summed E-state index contributed by atoms with van der Waals surface area (Å²) in [6.45, 7) is 7.14. The summed E-state index contributed by atoms with van der Waals surface area (Å²) in [5.74, 6) is 0. The lowest BCUT2D eigenvalue weighted by molar-refractivity contribution is 0.881. The molecule has 66 valence electrons. The molecule has 11 heavy (non-hydrogen) atoms. The van der Waals surface area contributed by atoms with Crippen LogP contribution in [0.5, 0.6) is 0 Å². The molecule has 0 N–H and O–H groups in total. The SMILES string of the molecule is CCCCP(C(C)C)C1CC1. The Morgan fingerprint density at radius 1 is 1.36 bits per heavy atom.